The molecule has 2 nitrogen and oxygen atoms in total. The predicted molar refractivity (Wildman–Crippen MR) is 60.0 cm³/mol. The number of nitrogens with two attached hydrogens (primary N) is 1. The van der Waals surface area contributed by atoms with E-state index in [1.807, 2.05) is 0 Å². The number of hydrogen-bond acceptors (Lipinski definition) is 2. The Bertz CT molecular complexity index is 445. The van der Waals surface area contributed by atoms with Gasteiger partial charge in [0.1, 0.15) is 0 Å². The van der Waals surface area contributed by atoms with E-state index in [4.69, 9.17) is 5.73 Å². The van der Waals surface area contributed by atoms with E-state index in [2.05, 4.69) is 0 Å². The third-order valence-corrected chi connectivity index (χ3v) is 2.94. The fourth-order valence-electron chi connectivity index (χ4n) is 1.86. The number of halogens is 5. The third-order valence-electron chi connectivity index (χ3n) is 2.94. The minimum atomic E-state index is -4.65. The Morgan fingerprint density at radius 3 is 2.28 bits per heavy atom. The summed E-state index contributed by atoms with van der Waals surface area (Å²) in [5, 5.41) is 9.43. The quantitative estimate of drug-likeness (QED) is 0.818. The van der Waals surface area contributed by atoms with Crippen molar-refractivity contribution in [1.82, 2.24) is 0 Å². The molecule has 0 saturated heterocycles. The van der Waals surface area contributed by atoms with Gasteiger partial charge in [-0.25, -0.2) is 4.39 Å². The van der Waals surface area contributed by atoms with Crippen LogP contribution in [0.25, 0.3) is 0 Å². The molecule has 0 aromatic heterocycles. The lowest BCUT2D eigenvalue weighted by atomic mass is 9.96. The van der Waals surface area contributed by atoms with Crippen LogP contribution < -0.4 is 5.73 Å². The molecule has 102 valence electrons. The van der Waals surface area contributed by atoms with Gasteiger partial charge < -0.3 is 10.8 Å². The highest BCUT2D eigenvalue weighted by Crippen LogP contribution is 2.47. The molecule has 1 aliphatic rings. The second-order valence-corrected chi connectivity index (χ2v) is 4.22. The average Bonchev–Trinajstić information content (AvgIpc) is 3.02. The molecule has 0 spiro atoms. The number of phenols is 1. The number of hydrogen-bond donors (Lipinski definition) is 2. The van der Waals surface area contributed by atoms with Crippen molar-refractivity contribution in [2.45, 2.75) is 25.1 Å². The van der Waals surface area contributed by atoms with E-state index in [0.29, 0.717) is 25.0 Å². The topological polar surface area (TPSA) is 46.2 Å². The summed E-state index contributed by atoms with van der Waals surface area (Å²) in [6.07, 6.45) is -3.24. The Hall–Kier alpha value is -1.01. The monoisotopic (exact) mass is 285 g/mol. The van der Waals surface area contributed by atoms with Gasteiger partial charge in [-0.2, -0.15) is 13.2 Å². The number of aromatic hydroxyl groups is 1. The third kappa shape index (κ3) is 2.70. The van der Waals surface area contributed by atoms with Gasteiger partial charge in [-0.1, -0.05) is 0 Å². The average molecular weight is 286 g/mol. The van der Waals surface area contributed by atoms with Crippen LogP contribution in [0.5, 0.6) is 5.75 Å². The normalized spacial score (nSPS) is 17.2. The maximum absolute atomic E-state index is 13.1. The molecule has 2 rings (SSSR count). The highest BCUT2D eigenvalue weighted by molar-refractivity contribution is 5.85. The second kappa shape index (κ2) is 4.93. The largest absolute Gasteiger partial charge is 0.505 e. The van der Waals surface area contributed by atoms with Crippen LogP contribution >= 0.6 is 12.4 Å². The standard InChI is InChI=1S/C11H11F4NO.ClH/c12-7-4-3-6(11(13,14)15)8(10(7)17)9(16)5-1-2-5;/h3-5,9,17H,1-2,16H2;1H/t9-;/m0./s1. The van der Waals surface area contributed by atoms with Crippen LogP contribution in [-0.4, -0.2) is 5.11 Å². The predicted octanol–water partition coefficient (Wildman–Crippen LogP) is 3.38. The molecule has 0 radical (unpaired) electrons. The zero-order valence-corrected chi connectivity index (χ0v) is 9.98. The zero-order valence-electron chi connectivity index (χ0n) is 9.17. The van der Waals surface area contributed by atoms with Crippen LogP contribution in [0, 0.1) is 11.7 Å². The minimum Gasteiger partial charge on any atom is -0.505 e. The number of benzene rings is 1. The molecule has 18 heavy (non-hydrogen) atoms. The second-order valence-electron chi connectivity index (χ2n) is 4.22. The molecule has 0 bridgehead atoms. The van der Waals surface area contributed by atoms with E-state index in [9.17, 15) is 22.7 Å². The maximum Gasteiger partial charge on any atom is 0.416 e. The van der Waals surface area contributed by atoms with Gasteiger partial charge in [0.25, 0.3) is 0 Å². The Labute approximate surface area is 107 Å². The van der Waals surface area contributed by atoms with E-state index >= 15 is 0 Å². The number of rotatable bonds is 2. The molecule has 0 heterocycles. The van der Waals surface area contributed by atoms with Crippen LogP contribution in [0.2, 0.25) is 0 Å². The molecule has 1 aliphatic carbocycles. The van der Waals surface area contributed by atoms with E-state index in [1.54, 1.807) is 0 Å². The first-order valence-corrected chi connectivity index (χ1v) is 5.16. The summed E-state index contributed by atoms with van der Waals surface area (Å²) in [5.41, 5.74) is 4.05. The lowest BCUT2D eigenvalue weighted by molar-refractivity contribution is -0.138. The highest BCUT2D eigenvalue weighted by atomic mass is 35.5. The van der Waals surface area contributed by atoms with Crippen molar-refractivity contribution in [2.75, 3.05) is 0 Å². The Kier molecular flexibility index (Phi) is 4.12. The fourth-order valence-corrected chi connectivity index (χ4v) is 1.86. The molecule has 1 fully saturated rings. The Morgan fingerprint density at radius 2 is 1.83 bits per heavy atom. The molecule has 0 unspecified atom stereocenters. The Balaban J connectivity index is 0.00000162. The van der Waals surface area contributed by atoms with Crippen LogP contribution in [0.4, 0.5) is 17.6 Å². The summed E-state index contributed by atoms with van der Waals surface area (Å²) >= 11 is 0. The van der Waals surface area contributed by atoms with Crippen LogP contribution in [0.1, 0.15) is 30.0 Å². The summed E-state index contributed by atoms with van der Waals surface area (Å²) in [6.45, 7) is 0. The molecule has 0 amide bonds. The summed E-state index contributed by atoms with van der Waals surface area (Å²) in [4.78, 5) is 0. The summed E-state index contributed by atoms with van der Waals surface area (Å²) in [7, 11) is 0. The fraction of sp³-hybridized carbons (Fsp3) is 0.455. The first-order chi connectivity index (χ1) is 7.82. The zero-order chi connectivity index (χ0) is 12.8. The van der Waals surface area contributed by atoms with E-state index in [-0.39, 0.29) is 18.3 Å². The van der Waals surface area contributed by atoms with Gasteiger partial charge in [-0.15, -0.1) is 12.4 Å². The van der Waals surface area contributed by atoms with Crippen LogP contribution in [0.15, 0.2) is 12.1 Å². The van der Waals surface area contributed by atoms with Crippen LogP contribution in [0.3, 0.4) is 0 Å². The summed E-state index contributed by atoms with van der Waals surface area (Å²) < 4.78 is 51.3. The van der Waals surface area contributed by atoms with Gasteiger partial charge in [0.2, 0.25) is 0 Å². The van der Waals surface area contributed by atoms with Gasteiger partial charge in [0.05, 0.1) is 5.56 Å². The SMILES string of the molecule is Cl.N[C@H](c1c(C(F)(F)F)ccc(F)c1O)C1CC1. The van der Waals surface area contributed by atoms with Gasteiger partial charge in [0.15, 0.2) is 11.6 Å². The molecule has 1 aromatic carbocycles. The Morgan fingerprint density at radius 1 is 1.28 bits per heavy atom. The first kappa shape index (κ1) is 15.0. The molecule has 1 atom stereocenters. The molecule has 3 N–H and O–H groups in total. The lowest BCUT2D eigenvalue weighted by Crippen LogP contribution is -2.19. The molecule has 1 saturated carbocycles. The molecule has 7 heteroatoms. The van der Waals surface area contributed by atoms with Gasteiger partial charge in [-0.05, 0) is 30.9 Å². The maximum atomic E-state index is 13.1. The van der Waals surface area contributed by atoms with Crippen molar-refractivity contribution in [3.8, 4) is 5.75 Å². The summed E-state index contributed by atoms with van der Waals surface area (Å²) in [6, 6.07) is 0.246. The van der Waals surface area contributed by atoms with E-state index in [1.165, 1.54) is 0 Å². The number of alkyl halides is 3. The van der Waals surface area contributed by atoms with Crippen molar-refractivity contribution in [2.24, 2.45) is 11.7 Å². The minimum absolute atomic E-state index is 0. The van der Waals surface area contributed by atoms with Crippen molar-refractivity contribution in [3.05, 3.63) is 29.1 Å². The lowest BCUT2D eigenvalue weighted by Gasteiger charge is -2.19. The van der Waals surface area contributed by atoms with Crippen molar-refractivity contribution >= 4 is 12.4 Å². The summed E-state index contributed by atoms with van der Waals surface area (Å²) in [5.74, 6) is -2.17. The van der Waals surface area contributed by atoms with E-state index < -0.39 is 34.9 Å². The van der Waals surface area contributed by atoms with Crippen molar-refractivity contribution < 1.29 is 22.7 Å². The van der Waals surface area contributed by atoms with Gasteiger partial charge in [-0.3, -0.25) is 0 Å². The molecule has 1 aromatic rings. The number of phenolic OH excluding ortho intramolecular Hbond substituents is 1. The van der Waals surface area contributed by atoms with Gasteiger partial charge >= 0.3 is 6.18 Å². The van der Waals surface area contributed by atoms with Crippen molar-refractivity contribution in [1.29, 1.82) is 0 Å². The van der Waals surface area contributed by atoms with Crippen LogP contribution in [-0.2, 0) is 6.18 Å². The first-order valence-electron chi connectivity index (χ1n) is 5.16. The molecule has 0 aliphatic heterocycles. The van der Waals surface area contributed by atoms with Gasteiger partial charge in [0, 0.05) is 11.6 Å². The highest BCUT2D eigenvalue weighted by Gasteiger charge is 2.40. The molecular formula is C11H12ClF4NO. The molecular weight excluding hydrogens is 274 g/mol. The van der Waals surface area contributed by atoms with E-state index in [0.717, 1.165) is 0 Å². The smallest absolute Gasteiger partial charge is 0.416 e. The van der Waals surface area contributed by atoms with Crippen molar-refractivity contribution in [3.63, 3.8) is 0 Å².